The molecule has 0 fully saturated rings. The van der Waals surface area contributed by atoms with E-state index in [1.54, 1.807) is 0 Å². The van der Waals surface area contributed by atoms with E-state index in [-0.39, 0.29) is 0 Å². The molecule has 2 aromatic carbocycles. The lowest BCUT2D eigenvalue weighted by molar-refractivity contribution is 0.222. The molecule has 0 bridgehead atoms. The zero-order valence-corrected chi connectivity index (χ0v) is 16.2. The van der Waals surface area contributed by atoms with E-state index in [0.717, 1.165) is 26.2 Å². The Morgan fingerprint density at radius 2 is 1.62 bits per heavy atom. The van der Waals surface area contributed by atoms with Crippen LogP contribution in [0.5, 0.6) is 0 Å². The molecule has 0 aliphatic rings. The minimum atomic E-state index is 0.652. The van der Waals surface area contributed by atoms with Crippen molar-refractivity contribution in [2.75, 3.05) is 6.54 Å². The standard InChI is InChI=1S/C24H30N2/c1-20(2)16-25(17-22-10-5-4-6-11-22)19-24-13-8-14-26(24)18-23-12-7-9-21(3)15-23/h4-15,20H,16-19H2,1-3H3. The number of nitrogens with zero attached hydrogens (tertiary/aromatic N) is 2. The van der Waals surface area contributed by atoms with Crippen LogP contribution in [0, 0.1) is 12.8 Å². The quantitative estimate of drug-likeness (QED) is 0.522. The molecule has 136 valence electrons. The van der Waals surface area contributed by atoms with E-state index in [2.05, 4.69) is 103 Å². The topological polar surface area (TPSA) is 8.17 Å². The first-order valence-corrected chi connectivity index (χ1v) is 9.56. The molecule has 0 saturated carbocycles. The fourth-order valence-electron chi connectivity index (χ4n) is 3.53. The Balaban J connectivity index is 1.73. The van der Waals surface area contributed by atoms with Crippen LogP contribution in [0.25, 0.3) is 0 Å². The third-order valence-electron chi connectivity index (χ3n) is 4.62. The molecule has 3 aromatic rings. The van der Waals surface area contributed by atoms with Crippen LogP contribution in [0.3, 0.4) is 0 Å². The summed E-state index contributed by atoms with van der Waals surface area (Å²) in [5.74, 6) is 0.652. The van der Waals surface area contributed by atoms with Gasteiger partial charge >= 0.3 is 0 Å². The number of hydrogen-bond acceptors (Lipinski definition) is 1. The van der Waals surface area contributed by atoms with E-state index >= 15 is 0 Å². The second kappa shape index (κ2) is 8.86. The van der Waals surface area contributed by atoms with Crippen molar-refractivity contribution in [3.8, 4) is 0 Å². The molecule has 0 atom stereocenters. The van der Waals surface area contributed by atoms with Gasteiger partial charge in [-0.25, -0.2) is 0 Å². The zero-order chi connectivity index (χ0) is 18.4. The maximum absolute atomic E-state index is 2.56. The fourth-order valence-corrected chi connectivity index (χ4v) is 3.53. The van der Waals surface area contributed by atoms with Gasteiger partial charge in [-0.05, 0) is 36.1 Å². The summed E-state index contributed by atoms with van der Waals surface area (Å²) >= 11 is 0. The van der Waals surface area contributed by atoms with Crippen molar-refractivity contribution in [2.45, 2.75) is 40.4 Å². The number of hydrogen-bond donors (Lipinski definition) is 0. The maximum Gasteiger partial charge on any atom is 0.0473 e. The molecule has 2 heteroatoms. The largest absolute Gasteiger partial charge is 0.346 e. The predicted molar refractivity (Wildman–Crippen MR) is 110 cm³/mol. The van der Waals surface area contributed by atoms with E-state index < -0.39 is 0 Å². The molecular formula is C24H30N2. The van der Waals surface area contributed by atoms with Crippen molar-refractivity contribution in [3.63, 3.8) is 0 Å². The van der Waals surface area contributed by atoms with E-state index in [9.17, 15) is 0 Å². The molecule has 0 radical (unpaired) electrons. The average molecular weight is 347 g/mol. The Morgan fingerprint density at radius 1 is 0.846 bits per heavy atom. The SMILES string of the molecule is Cc1cccc(Cn2cccc2CN(Cc2ccccc2)CC(C)C)c1. The third kappa shape index (κ3) is 5.34. The van der Waals surface area contributed by atoms with Gasteiger partial charge in [-0.1, -0.05) is 74.0 Å². The summed E-state index contributed by atoms with van der Waals surface area (Å²) in [5, 5.41) is 0. The summed E-state index contributed by atoms with van der Waals surface area (Å²) < 4.78 is 2.38. The van der Waals surface area contributed by atoms with Gasteiger partial charge in [0.25, 0.3) is 0 Å². The third-order valence-corrected chi connectivity index (χ3v) is 4.62. The highest BCUT2D eigenvalue weighted by Crippen LogP contribution is 2.15. The summed E-state index contributed by atoms with van der Waals surface area (Å²) in [5.41, 5.74) is 5.44. The van der Waals surface area contributed by atoms with Crippen molar-refractivity contribution in [2.24, 2.45) is 5.92 Å². The molecule has 0 N–H and O–H groups in total. The van der Waals surface area contributed by atoms with Gasteiger partial charge < -0.3 is 4.57 Å². The lowest BCUT2D eigenvalue weighted by atomic mass is 10.1. The van der Waals surface area contributed by atoms with Crippen molar-refractivity contribution in [3.05, 3.63) is 95.3 Å². The van der Waals surface area contributed by atoms with Crippen molar-refractivity contribution >= 4 is 0 Å². The zero-order valence-electron chi connectivity index (χ0n) is 16.2. The summed E-state index contributed by atoms with van der Waals surface area (Å²) in [6, 6.07) is 24.0. The second-order valence-corrected chi connectivity index (χ2v) is 7.67. The van der Waals surface area contributed by atoms with E-state index in [1.165, 1.54) is 22.4 Å². The molecule has 0 amide bonds. The molecule has 0 aliphatic heterocycles. The van der Waals surface area contributed by atoms with Crippen LogP contribution in [-0.2, 0) is 19.6 Å². The maximum atomic E-state index is 2.56. The minimum Gasteiger partial charge on any atom is -0.346 e. The molecule has 0 saturated heterocycles. The Morgan fingerprint density at radius 3 is 2.35 bits per heavy atom. The monoisotopic (exact) mass is 346 g/mol. The summed E-state index contributed by atoms with van der Waals surface area (Å²) in [7, 11) is 0. The Bertz CT molecular complexity index is 802. The van der Waals surface area contributed by atoms with Gasteiger partial charge in [0.2, 0.25) is 0 Å². The van der Waals surface area contributed by atoms with Crippen LogP contribution in [0.4, 0.5) is 0 Å². The van der Waals surface area contributed by atoms with Gasteiger partial charge in [0.1, 0.15) is 0 Å². The second-order valence-electron chi connectivity index (χ2n) is 7.67. The highest BCUT2D eigenvalue weighted by atomic mass is 15.1. The molecule has 0 spiro atoms. The lowest BCUT2D eigenvalue weighted by Crippen LogP contribution is -2.28. The van der Waals surface area contributed by atoms with Gasteiger partial charge in [0.05, 0.1) is 0 Å². The van der Waals surface area contributed by atoms with Crippen LogP contribution in [0.2, 0.25) is 0 Å². The molecule has 0 aliphatic carbocycles. The minimum absolute atomic E-state index is 0.652. The normalized spacial score (nSPS) is 11.4. The van der Waals surface area contributed by atoms with Gasteiger partial charge in [0, 0.05) is 38.1 Å². The summed E-state index contributed by atoms with van der Waals surface area (Å²) in [6.07, 6.45) is 2.20. The number of rotatable bonds is 8. The molecule has 0 unspecified atom stereocenters. The van der Waals surface area contributed by atoms with Crippen molar-refractivity contribution in [1.82, 2.24) is 9.47 Å². The first-order chi connectivity index (χ1) is 12.6. The van der Waals surface area contributed by atoms with Crippen LogP contribution in [-0.4, -0.2) is 16.0 Å². The number of aromatic nitrogens is 1. The molecular weight excluding hydrogens is 316 g/mol. The number of aryl methyl sites for hydroxylation is 1. The first kappa shape index (κ1) is 18.5. The molecule has 1 heterocycles. The first-order valence-electron chi connectivity index (χ1n) is 9.56. The van der Waals surface area contributed by atoms with Crippen LogP contribution < -0.4 is 0 Å². The van der Waals surface area contributed by atoms with Crippen LogP contribution in [0.1, 0.15) is 36.2 Å². The number of benzene rings is 2. The average Bonchev–Trinajstić information content (AvgIpc) is 3.02. The smallest absolute Gasteiger partial charge is 0.0473 e. The van der Waals surface area contributed by atoms with Crippen LogP contribution >= 0.6 is 0 Å². The summed E-state index contributed by atoms with van der Waals surface area (Å²) in [6.45, 7) is 10.8. The molecule has 26 heavy (non-hydrogen) atoms. The van der Waals surface area contributed by atoms with Crippen molar-refractivity contribution < 1.29 is 0 Å². The highest BCUT2D eigenvalue weighted by Gasteiger charge is 2.12. The van der Waals surface area contributed by atoms with Crippen molar-refractivity contribution in [1.29, 1.82) is 0 Å². The lowest BCUT2D eigenvalue weighted by Gasteiger charge is -2.25. The van der Waals surface area contributed by atoms with E-state index in [0.29, 0.717) is 5.92 Å². The summed E-state index contributed by atoms with van der Waals surface area (Å²) in [4.78, 5) is 2.56. The van der Waals surface area contributed by atoms with E-state index in [1.807, 2.05) is 0 Å². The highest BCUT2D eigenvalue weighted by molar-refractivity contribution is 5.23. The van der Waals surface area contributed by atoms with Gasteiger partial charge in [-0.15, -0.1) is 0 Å². The van der Waals surface area contributed by atoms with Gasteiger partial charge in [0.15, 0.2) is 0 Å². The van der Waals surface area contributed by atoms with Crippen LogP contribution in [0.15, 0.2) is 72.9 Å². The van der Waals surface area contributed by atoms with E-state index in [4.69, 9.17) is 0 Å². The Hall–Kier alpha value is -2.32. The Kier molecular flexibility index (Phi) is 6.30. The molecule has 2 nitrogen and oxygen atoms in total. The van der Waals surface area contributed by atoms with Gasteiger partial charge in [-0.3, -0.25) is 4.90 Å². The van der Waals surface area contributed by atoms with Gasteiger partial charge in [-0.2, -0.15) is 0 Å². The Labute approximate surface area is 158 Å². The fraction of sp³-hybridized carbons (Fsp3) is 0.333. The molecule has 3 rings (SSSR count). The predicted octanol–water partition coefficient (Wildman–Crippen LogP) is 5.50. The molecule has 1 aromatic heterocycles.